The smallest absolute Gasteiger partial charge is 0.245 e. The number of rotatable bonds is 38. The summed E-state index contributed by atoms with van der Waals surface area (Å²) >= 11 is 0. The Morgan fingerprint density at radius 3 is 1.34 bits per heavy atom. The van der Waals surface area contributed by atoms with Crippen LogP contribution >= 0.6 is 0 Å². The second-order valence-electron chi connectivity index (χ2n) is 13.5. The molecule has 0 saturated heterocycles. The average molecular weight is 1140 g/mol. The molecule has 0 aliphatic heterocycles. The Balaban J connectivity index is 0. The van der Waals surface area contributed by atoms with Gasteiger partial charge in [0, 0.05) is 48.3 Å². The molecule has 62 heavy (non-hydrogen) atoms. The van der Waals surface area contributed by atoms with Crippen LogP contribution in [0.25, 0.3) is 0 Å². The van der Waals surface area contributed by atoms with Crippen LogP contribution in [-0.2, 0) is 66.8 Å². The molecular formula is C37H69FmN10O14-. The molecular weight excluding hydrogens is 1070 g/mol. The molecule has 0 aromatic heterocycles. The number of nitrogens with two attached hydrogens (primary N) is 2. The van der Waals surface area contributed by atoms with E-state index in [1.54, 1.807) is 0 Å². The van der Waals surface area contributed by atoms with E-state index in [9.17, 15) is 38.4 Å². The van der Waals surface area contributed by atoms with E-state index < -0.39 is 60.5 Å². The molecule has 364 valence electrons. The first-order valence-electron chi connectivity index (χ1n) is 19.9. The molecule has 7 N–H and O–H groups in total. The number of hydrogen-bond acceptors (Lipinski definition) is 16. The van der Waals surface area contributed by atoms with Crippen LogP contribution in [-0.4, -0.2) is 252 Å². The largest absolute Gasteiger partial charge is 0.522 e. The Labute approximate surface area is 358 Å². The van der Waals surface area contributed by atoms with E-state index in [2.05, 4.69) is 16.0 Å². The summed E-state index contributed by atoms with van der Waals surface area (Å²) in [7, 11) is 6.86. The molecule has 0 radical (unpaired) electrons. The fourth-order valence-electron chi connectivity index (χ4n) is 4.77. The van der Waals surface area contributed by atoms with Crippen LogP contribution in [0.4, 0.5) is 0 Å². The number of nitrogens with zero attached hydrogens (tertiary/aromatic N) is 5. The van der Waals surface area contributed by atoms with Crippen molar-refractivity contribution in [1.82, 2.24) is 40.4 Å². The summed E-state index contributed by atoms with van der Waals surface area (Å²) < 4.78 is 32.3. The van der Waals surface area contributed by atoms with Gasteiger partial charge < -0.3 is 85.1 Å². The zero-order valence-corrected chi connectivity index (χ0v) is 39.1. The Kier molecular flexibility index (Phi) is 35.1. The normalized spacial score (nSPS) is 11.1. The predicted molar refractivity (Wildman–Crippen MR) is 219 cm³/mol. The number of amides is 8. The van der Waals surface area contributed by atoms with Gasteiger partial charge in [-0.2, -0.15) is 6.41 Å². The Bertz CT molecular complexity index is 1310. The molecule has 0 bridgehead atoms. The Morgan fingerprint density at radius 1 is 0.516 bits per heavy atom. The van der Waals surface area contributed by atoms with Gasteiger partial charge in [-0.3, -0.25) is 33.6 Å². The molecule has 1 atom stereocenters. The maximum absolute atomic E-state index is 13.3. The van der Waals surface area contributed by atoms with Crippen molar-refractivity contribution < 1.29 is 66.8 Å². The summed E-state index contributed by atoms with van der Waals surface area (Å²) in [4.78, 5) is 104. The van der Waals surface area contributed by atoms with Crippen molar-refractivity contribution in [2.75, 3.05) is 173 Å². The second-order valence-corrected chi connectivity index (χ2v) is 13.5. The van der Waals surface area contributed by atoms with E-state index in [1.807, 2.05) is 0 Å². The van der Waals surface area contributed by atoms with E-state index in [0.29, 0.717) is 85.6 Å². The molecule has 0 aromatic rings. The van der Waals surface area contributed by atoms with Crippen molar-refractivity contribution in [2.45, 2.75) is 18.9 Å². The standard InChI is InChI=1S/C37H69N10O14.Fm/c1-43(24-31(49)41-10-12-57-14-16-59-18-20-61-22-21-60-19-17-58-15-13-56-11-9-39)35(53)27-46(4)36(54)28-47(5)37(55)30(7-6-8-38)42-32(50)25-44(2)34(52)26-45(3)33(51)23-40-29-48;/h30H,6-28,38-39H2,1-5H3,(H,40,48)(H,41,49)(H,42,50);/q-1;. The first-order chi connectivity index (χ1) is 29.2. The number of hydrogen-bond donors (Lipinski definition) is 5. The minimum absolute atomic E-state index is 0. The second kappa shape index (κ2) is 37.2. The molecule has 0 heterocycles. The summed E-state index contributed by atoms with van der Waals surface area (Å²) in [6.45, 7) is 3.71. The number of carbonyl (C=O) groups excluding carboxylic acids is 8. The molecule has 0 aliphatic rings. The Hall–Kier alpha value is -5.56. The number of nitrogens with one attached hydrogen (secondary N) is 3. The van der Waals surface area contributed by atoms with Crippen molar-refractivity contribution in [2.24, 2.45) is 11.5 Å². The van der Waals surface area contributed by atoms with E-state index in [0.717, 1.165) is 24.5 Å². The topological polar surface area (TPSA) is 296 Å². The van der Waals surface area contributed by atoms with Crippen molar-refractivity contribution in [3.8, 4) is 0 Å². The van der Waals surface area contributed by atoms with Gasteiger partial charge in [-0.05, 0) is 19.4 Å². The number of likely N-dealkylation sites (N-methyl/N-ethyl adjacent to an activating group) is 5. The van der Waals surface area contributed by atoms with Gasteiger partial charge in [0.05, 0.1) is 119 Å². The predicted octanol–water partition coefficient (Wildman–Crippen LogP) is -5.67. The maximum Gasteiger partial charge on any atom is 0.245 e. The molecule has 24 nitrogen and oxygen atoms in total. The molecule has 0 rings (SSSR count). The third-order valence-corrected chi connectivity index (χ3v) is 8.29. The fourth-order valence-corrected chi connectivity index (χ4v) is 4.77. The van der Waals surface area contributed by atoms with Crippen molar-refractivity contribution >= 4 is 47.8 Å². The fraction of sp³-hybridized carbons (Fsp3) is 0.784. The third-order valence-electron chi connectivity index (χ3n) is 8.29. The quantitative estimate of drug-likeness (QED) is 0.0219. The molecule has 8 amide bonds. The van der Waals surface area contributed by atoms with Gasteiger partial charge in [-0.25, -0.2) is 0 Å². The minimum atomic E-state index is -1.07. The zero-order chi connectivity index (χ0) is 45.8. The van der Waals surface area contributed by atoms with Crippen LogP contribution in [0.1, 0.15) is 12.8 Å². The monoisotopic (exact) mass is 1130 g/mol. The zero-order valence-electron chi connectivity index (χ0n) is 36.7. The Morgan fingerprint density at radius 2 is 0.903 bits per heavy atom. The van der Waals surface area contributed by atoms with E-state index in [4.69, 9.17) is 39.9 Å². The van der Waals surface area contributed by atoms with Crippen molar-refractivity contribution in [3.63, 3.8) is 0 Å². The maximum atomic E-state index is 13.3. The van der Waals surface area contributed by atoms with Crippen molar-refractivity contribution in [3.05, 3.63) is 0 Å². The molecule has 25 heteroatoms. The molecule has 0 spiro atoms. The van der Waals surface area contributed by atoms with Crippen LogP contribution in [0.2, 0.25) is 0 Å². The van der Waals surface area contributed by atoms with Crippen LogP contribution in [0.3, 0.4) is 0 Å². The van der Waals surface area contributed by atoms with Crippen LogP contribution in [0.15, 0.2) is 0 Å². The third kappa shape index (κ3) is 29.6. The average Bonchev–Trinajstić information content (AvgIpc) is 3.22. The molecule has 0 aliphatic carbocycles. The van der Waals surface area contributed by atoms with E-state index in [-0.39, 0.29) is 52.3 Å². The molecule has 1 unspecified atom stereocenters. The van der Waals surface area contributed by atoms with Gasteiger partial charge in [-0.1, -0.05) is 0 Å². The van der Waals surface area contributed by atoms with Crippen LogP contribution in [0.5, 0.6) is 0 Å². The van der Waals surface area contributed by atoms with Gasteiger partial charge in [0.2, 0.25) is 41.4 Å². The van der Waals surface area contributed by atoms with Gasteiger partial charge in [0.15, 0.2) is 0 Å². The first kappa shape index (κ1) is 58.5. The van der Waals surface area contributed by atoms with Gasteiger partial charge in [-0.15, -0.1) is 0 Å². The number of carbonyl (C=O) groups is 7. The summed E-state index contributed by atoms with van der Waals surface area (Å²) in [5.41, 5.74) is 11.0. The summed E-state index contributed by atoms with van der Waals surface area (Å²) in [5, 5.41) is 7.31. The number of ether oxygens (including phenoxy) is 6. The van der Waals surface area contributed by atoms with Gasteiger partial charge >= 0.3 is 0 Å². The van der Waals surface area contributed by atoms with E-state index in [1.165, 1.54) is 41.6 Å². The van der Waals surface area contributed by atoms with Gasteiger partial charge in [0.1, 0.15) is 6.04 Å². The summed E-state index contributed by atoms with van der Waals surface area (Å²) in [6, 6.07) is -1.07. The van der Waals surface area contributed by atoms with Gasteiger partial charge in [0.25, 0.3) is 0 Å². The van der Waals surface area contributed by atoms with Crippen LogP contribution in [0, 0.1) is 0 Å². The summed E-state index contributed by atoms with van der Waals surface area (Å²) in [5.74, 6) is -3.90. The van der Waals surface area contributed by atoms with E-state index >= 15 is 0 Å². The first-order valence-corrected chi connectivity index (χ1v) is 19.9. The van der Waals surface area contributed by atoms with Crippen molar-refractivity contribution in [1.29, 1.82) is 0 Å². The minimum Gasteiger partial charge on any atom is -0.522 e. The molecule has 0 aromatic carbocycles. The molecule has 0 fully saturated rings. The summed E-state index contributed by atoms with van der Waals surface area (Å²) in [6.07, 6.45) is 1.88. The molecule has 0 saturated carbocycles. The SMILES string of the molecule is CN(CC(=O)NCCOCCOCCOCCOCCOCCOCCN)C(=O)CN(C)C(=O)CN(C)C(=O)C(CCCN)NC(=O)CN(C)C(=O)CN(C)C(=O)CN[C-]=O.[Fm]. The van der Waals surface area contributed by atoms with Crippen LogP contribution < -0.4 is 27.4 Å².